The molecule has 0 atom stereocenters. The minimum atomic E-state index is -0.0237. The Morgan fingerprint density at radius 1 is 1.30 bits per heavy atom. The number of aromatic nitrogens is 2. The van der Waals surface area contributed by atoms with Crippen molar-refractivity contribution in [3.63, 3.8) is 0 Å². The molecule has 106 valence electrons. The fourth-order valence-electron chi connectivity index (χ4n) is 2.25. The molecule has 0 N–H and O–H groups in total. The summed E-state index contributed by atoms with van der Waals surface area (Å²) in [5.41, 5.74) is 3.61. The number of ether oxygens (including phenoxy) is 1. The molecule has 4 heteroatoms. The van der Waals surface area contributed by atoms with Crippen LogP contribution in [0.4, 0.5) is 0 Å². The zero-order valence-electron chi connectivity index (χ0n) is 12.6. The minimum absolute atomic E-state index is 0.0237. The van der Waals surface area contributed by atoms with Gasteiger partial charge >= 0.3 is 0 Å². The van der Waals surface area contributed by atoms with Crippen molar-refractivity contribution in [3.05, 3.63) is 35.5 Å². The smallest absolute Gasteiger partial charge is 0.180 e. The van der Waals surface area contributed by atoms with Crippen molar-refractivity contribution in [2.24, 2.45) is 7.05 Å². The maximum Gasteiger partial charge on any atom is 0.180 e. The number of hydrogen-bond acceptors (Lipinski definition) is 3. The van der Waals surface area contributed by atoms with Crippen molar-refractivity contribution >= 4 is 5.78 Å². The Labute approximate surface area is 119 Å². The highest BCUT2D eigenvalue weighted by Crippen LogP contribution is 2.31. The van der Waals surface area contributed by atoms with Crippen LogP contribution in [0.2, 0.25) is 0 Å². The first-order valence-electron chi connectivity index (χ1n) is 6.67. The van der Waals surface area contributed by atoms with Crippen molar-refractivity contribution in [2.75, 3.05) is 7.11 Å². The van der Waals surface area contributed by atoms with E-state index in [9.17, 15) is 4.79 Å². The van der Waals surface area contributed by atoms with E-state index in [1.54, 1.807) is 11.8 Å². The van der Waals surface area contributed by atoms with Gasteiger partial charge in [0.1, 0.15) is 11.4 Å². The van der Waals surface area contributed by atoms with Gasteiger partial charge < -0.3 is 4.74 Å². The molecule has 0 aliphatic rings. The average molecular weight is 272 g/mol. The molecule has 0 fully saturated rings. The van der Waals surface area contributed by atoms with E-state index in [2.05, 4.69) is 25.0 Å². The van der Waals surface area contributed by atoms with Crippen LogP contribution < -0.4 is 4.74 Å². The largest absolute Gasteiger partial charge is 0.496 e. The molecule has 0 unspecified atom stereocenters. The molecule has 0 bridgehead atoms. The molecule has 0 saturated carbocycles. The number of rotatable bonds is 4. The van der Waals surface area contributed by atoms with Gasteiger partial charge in [0, 0.05) is 19.5 Å². The Hall–Kier alpha value is -2.10. The summed E-state index contributed by atoms with van der Waals surface area (Å²) in [7, 11) is 3.53. The number of nitrogens with zero attached hydrogens (tertiary/aromatic N) is 2. The van der Waals surface area contributed by atoms with E-state index < -0.39 is 0 Å². The molecule has 4 nitrogen and oxygen atoms in total. The first-order valence-corrected chi connectivity index (χ1v) is 6.67. The predicted octanol–water partition coefficient (Wildman–Crippen LogP) is 3.42. The van der Waals surface area contributed by atoms with Gasteiger partial charge in [-0.1, -0.05) is 13.8 Å². The Balaban J connectivity index is 2.53. The van der Waals surface area contributed by atoms with Crippen LogP contribution in [-0.4, -0.2) is 22.7 Å². The van der Waals surface area contributed by atoms with Gasteiger partial charge in [0.25, 0.3) is 0 Å². The van der Waals surface area contributed by atoms with Crippen LogP contribution in [0.5, 0.6) is 5.75 Å². The van der Waals surface area contributed by atoms with Crippen LogP contribution in [0.15, 0.2) is 24.3 Å². The normalized spacial score (nSPS) is 10.9. The van der Waals surface area contributed by atoms with Gasteiger partial charge in [-0.3, -0.25) is 9.48 Å². The summed E-state index contributed by atoms with van der Waals surface area (Å²) in [5.74, 6) is 1.23. The molecule has 20 heavy (non-hydrogen) atoms. The van der Waals surface area contributed by atoms with Gasteiger partial charge in [-0.05, 0) is 35.7 Å². The molecule has 0 aliphatic heterocycles. The van der Waals surface area contributed by atoms with E-state index in [1.807, 2.05) is 25.2 Å². The summed E-state index contributed by atoms with van der Waals surface area (Å²) in [6, 6.07) is 7.88. The predicted molar refractivity (Wildman–Crippen MR) is 79.3 cm³/mol. The number of hydrogen-bond donors (Lipinski definition) is 0. The second-order valence-corrected chi connectivity index (χ2v) is 5.21. The van der Waals surface area contributed by atoms with Crippen LogP contribution in [0.1, 0.15) is 42.7 Å². The van der Waals surface area contributed by atoms with Crippen LogP contribution in [-0.2, 0) is 7.05 Å². The lowest BCUT2D eigenvalue weighted by Gasteiger charge is -2.13. The number of ketones is 1. The average Bonchev–Trinajstić information content (AvgIpc) is 2.80. The standard InChI is InChI=1S/C16H20N2O2/c1-10(2)13-8-12(6-7-16(13)20-5)15-9-14(11(3)19)17-18(15)4/h6-10H,1-5H3. The number of aryl methyl sites for hydroxylation is 1. The second kappa shape index (κ2) is 5.49. The lowest BCUT2D eigenvalue weighted by molar-refractivity contribution is 0.101. The number of methoxy groups -OCH3 is 1. The van der Waals surface area contributed by atoms with Crippen molar-refractivity contribution < 1.29 is 9.53 Å². The zero-order chi connectivity index (χ0) is 14.9. The van der Waals surface area contributed by atoms with E-state index in [-0.39, 0.29) is 5.78 Å². The van der Waals surface area contributed by atoms with E-state index in [4.69, 9.17) is 4.74 Å². The third-order valence-electron chi connectivity index (χ3n) is 3.39. The van der Waals surface area contributed by atoms with Crippen molar-refractivity contribution in [1.29, 1.82) is 0 Å². The molecule has 1 aromatic carbocycles. The SMILES string of the molecule is COc1ccc(-c2cc(C(C)=O)nn2C)cc1C(C)C. The topological polar surface area (TPSA) is 44.1 Å². The fraction of sp³-hybridized carbons (Fsp3) is 0.375. The highest BCUT2D eigenvalue weighted by Gasteiger charge is 2.14. The number of benzene rings is 1. The van der Waals surface area contributed by atoms with Gasteiger partial charge in [0.15, 0.2) is 5.78 Å². The third-order valence-corrected chi connectivity index (χ3v) is 3.39. The maximum atomic E-state index is 11.4. The van der Waals surface area contributed by atoms with Crippen LogP contribution in [0.3, 0.4) is 0 Å². The molecule has 1 aromatic heterocycles. The Kier molecular flexibility index (Phi) is 3.93. The summed E-state index contributed by atoms with van der Waals surface area (Å²) >= 11 is 0. The van der Waals surface area contributed by atoms with E-state index >= 15 is 0 Å². The summed E-state index contributed by atoms with van der Waals surface area (Å²) in [5, 5.41) is 4.24. The quantitative estimate of drug-likeness (QED) is 0.801. The molecule has 0 spiro atoms. The first-order chi connectivity index (χ1) is 9.43. The summed E-state index contributed by atoms with van der Waals surface area (Å²) in [4.78, 5) is 11.4. The van der Waals surface area contributed by atoms with Crippen LogP contribution >= 0.6 is 0 Å². The Morgan fingerprint density at radius 2 is 2.00 bits per heavy atom. The molecular weight excluding hydrogens is 252 g/mol. The van der Waals surface area contributed by atoms with Gasteiger partial charge in [0.2, 0.25) is 0 Å². The molecule has 2 aromatic rings. The lowest BCUT2D eigenvalue weighted by atomic mass is 9.98. The van der Waals surface area contributed by atoms with Gasteiger partial charge in [-0.15, -0.1) is 0 Å². The summed E-state index contributed by atoms with van der Waals surface area (Å²) in [6.07, 6.45) is 0. The minimum Gasteiger partial charge on any atom is -0.496 e. The molecule has 0 saturated heterocycles. The first kappa shape index (κ1) is 14.3. The number of Topliss-reactive ketones (excluding diaryl/α,β-unsaturated/α-hetero) is 1. The van der Waals surface area contributed by atoms with Gasteiger partial charge in [-0.2, -0.15) is 5.10 Å². The maximum absolute atomic E-state index is 11.4. The molecule has 0 amide bonds. The fourth-order valence-corrected chi connectivity index (χ4v) is 2.25. The summed E-state index contributed by atoms with van der Waals surface area (Å²) in [6.45, 7) is 5.79. The van der Waals surface area contributed by atoms with Crippen LogP contribution in [0.25, 0.3) is 11.3 Å². The van der Waals surface area contributed by atoms with E-state index in [1.165, 1.54) is 6.92 Å². The van der Waals surface area contributed by atoms with E-state index in [0.29, 0.717) is 11.6 Å². The van der Waals surface area contributed by atoms with Crippen molar-refractivity contribution in [1.82, 2.24) is 9.78 Å². The monoisotopic (exact) mass is 272 g/mol. The van der Waals surface area contributed by atoms with Gasteiger partial charge in [0.05, 0.1) is 12.8 Å². The number of carbonyl (C=O) groups is 1. The molecule has 1 heterocycles. The molecule has 0 radical (unpaired) electrons. The molecule has 0 aliphatic carbocycles. The van der Waals surface area contributed by atoms with Crippen molar-refractivity contribution in [3.8, 4) is 17.0 Å². The molecule has 2 rings (SSSR count). The van der Waals surface area contributed by atoms with Crippen molar-refractivity contribution in [2.45, 2.75) is 26.7 Å². The van der Waals surface area contributed by atoms with Gasteiger partial charge in [-0.25, -0.2) is 0 Å². The molecular formula is C16H20N2O2. The highest BCUT2D eigenvalue weighted by atomic mass is 16.5. The zero-order valence-corrected chi connectivity index (χ0v) is 12.6. The third kappa shape index (κ3) is 2.59. The second-order valence-electron chi connectivity index (χ2n) is 5.21. The Morgan fingerprint density at radius 3 is 2.50 bits per heavy atom. The number of carbonyl (C=O) groups excluding carboxylic acids is 1. The summed E-state index contributed by atoms with van der Waals surface area (Å²) < 4.78 is 7.13. The van der Waals surface area contributed by atoms with Crippen LogP contribution in [0, 0.1) is 0 Å². The Bertz CT molecular complexity index is 642. The van der Waals surface area contributed by atoms with E-state index in [0.717, 1.165) is 22.6 Å². The highest BCUT2D eigenvalue weighted by molar-refractivity contribution is 5.93. The lowest BCUT2D eigenvalue weighted by Crippen LogP contribution is -1.98.